The number of rotatable bonds is 4. The molecule has 0 aliphatic heterocycles. The zero-order chi connectivity index (χ0) is 11.1. The average molecular weight is 216 g/mol. The third-order valence-electron chi connectivity index (χ3n) is 4.51. The Morgan fingerprint density at radius 1 is 1.25 bits per heavy atom. The lowest BCUT2D eigenvalue weighted by Gasteiger charge is -2.12. The molecule has 0 saturated carbocycles. The summed E-state index contributed by atoms with van der Waals surface area (Å²) in [6, 6.07) is 0. The van der Waals surface area contributed by atoms with Crippen LogP contribution in [-0.4, -0.2) is 5.78 Å². The molecule has 3 rings (SSSR count). The largest absolute Gasteiger partial charge is 0.294 e. The van der Waals surface area contributed by atoms with Crippen molar-refractivity contribution in [3.8, 4) is 0 Å². The van der Waals surface area contributed by atoms with E-state index < -0.39 is 0 Å². The van der Waals surface area contributed by atoms with Gasteiger partial charge in [-0.2, -0.15) is 0 Å². The van der Waals surface area contributed by atoms with Crippen LogP contribution in [0.15, 0.2) is 23.3 Å². The molecule has 0 aromatic rings. The second-order valence-corrected chi connectivity index (χ2v) is 5.53. The van der Waals surface area contributed by atoms with Crippen LogP contribution in [0.1, 0.15) is 45.4 Å². The number of ketones is 1. The maximum absolute atomic E-state index is 12.3. The molecule has 2 bridgehead atoms. The van der Waals surface area contributed by atoms with Gasteiger partial charge in [0.1, 0.15) is 0 Å². The van der Waals surface area contributed by atoms with Crippen molar-refractivity contribution in [1.82, 2.24) is 0 Å². The van der Waals surface area contributed by atoms with Gasteiger partial charge in [0.05, 0.1) is 0 Å². The molecule has 3 unspecified atom stereocenters. The summed E-state index contributed by atoms with van der Waals surface area (Å²) in [7, 11) is 0. The summed E-state index contributed by atoms with van der Waals surface area (Å²) in [5.74, 6) is 1.99. The maximum atomic E-state index is 12.3. The Morgan fingerprint density at radius 3 is 2.81 bits per heavy atom. The van der Waals surface area contributed by atoms with Gasteiger partial charge in [-0.05, 0) is 25.2 Å². The highest BCUT2D eigenvalue weighted by Gasteiger charge is 2.45. The lowest BCUT2D eigenvalue weighted by atomic mass is 9.90. The molecule has 0 fully saturated rings. The Morgan fingerprint density at radius 2 is 2.06 bits per heavy atom. The molecule has 1 nitrogen and oxygen atoms in total. The van der Waals surface area contributed by atoms with Gasteiger partial charge in [0, 0.05) is 17.4 Å². The van der Waals surface area contributed by atoms with Crippen molar-refractivity contribution in [2.75, 3.05) is 0 Å². The van der Waals surface area contributed by atoms with Crippen molar-refractivity contribution in [2.24, 2.45) is 17.8 Å². The van der Waals surface area contributed by atoms with E-state index >= 15 is 0 Å². The Kier molecular flexibility index (Phi) is 2.49. The van der Waals surface area contributed by atoms with E-state index in [1.165, 1.54) is 36.8 Å². The fraction of sp³-hybridized carbons (Fsp3) is 0.667. The normalized spacial score (nSPS) is 35.3. The SMILES string of the molecule is CCCCCC1CC2=C(C1=O)C1C=CC2C1. The van der Waals surface area contributed by atoms with E-state index in [2.05, 4.69) is 19.1 Å². The van der Waals surface area contributed by atoms with Crippen LogP contribution < -0.4 is 0 Å². The molecule has 3 aliphatic carbocycles. The summed E-state index contributed by atoms with van der Waals surface area (Å²) >= 11 is 0. The van der Waals surface area contributed by atoms with Crippen molar-refractivity contribution in [3.05, 3.63) is 23.3 Å². The van der Waals surface area contributed by atoms with Crippen molar-refractivity contribution in [2.45, 2.75) is 45.4 Å². The minimum atomic E-state index is 0.349. The molecule has 0 N–H and O–H groups in total. The number of allylic oxidation sites excluding steroid dienone is 4. The van der Waals surface area contributed by atoms with Gasteiger partial charge < -0.3 is 0 Å². The number of hydrogen-bond donors (Lipinski definition) is 0. The Hall–Kier alpha value is -0.850. The summed E-state index contributed by atoms with van der Waals surface area (Å²) in [6.07, 6.45) is 11.8. The van der Waals surface area contributed by atoms with E-state index in [-0.39, 0.29) is 0 Å². The molecule has 0 heterocycles. The fourth-order valence-electron chi connectivity index (χ4n) is 3.66. The predicted octanol–water partition coefficient (Wildman–Crippen LogP) is 3.66. The van der Waals surface area contributed by atoms with Crippen molar-refractivity contribution in [3.63, 3.8) is 0 Å². The number of fused-ring (bicyclic) bond motifs is 4. The highest BCUT2D eigenvalue weighted by molar-refractivity contribution is 6.02. The standard InChI is InChI=1S/C15H20O/c1-2-3-4-5-12-9-13-10-6-7-11(8-10)14(13)15(12)16/h6-7,10-12H,2-5,8-9H2,1H3. The van der Waals surface area contributed by atoms with Gasteiger partial charge in [-0.15, -0.1) is 0 Å². The molecular weight excluding hydrogens is 196 g/mol. The first-order chi connectivity index (χ1) is 7.81. The average Bonchev–Trinajstić information content (AvgIpc) is 2.93. The van der Waals surface area contributed by atoms with Crippen LogP contribution in [0.5, 0.6) is 0 Å². The number of unbranched alkanes of at least 4 members (excludes halogenated alkanes) is 2. The molecule has 0 spiro atoms. The highest BCUT2D eigenvalue weighted by atomic mass is 16.1. The number of carbonyl (C=O) groups is 1. The Labute approximate surface area is 97.6 Å². The van der Waals surface area contributed by atoms with E-state index in [1.54, 1.807) is 0 Å². The molecular formula is C15H20O. The van der Waals surface area contributed by atoms with Gasteiger partial charge in [-0.1, -0.05) is 43.9 Å². The van der Waals surface area contributed by atoms with Gasteiger partial charge >= 0.3 is 0 Å². The second kappa shape index (κ2) is 3.87. The van der Waals surface area contributed by atoms with Crippen LogP contribution in [0.2, 0.25) is 0 Å². The van der Waals surface area contributed by atoms with Crippen LogP contribution in [0.25, 0.3) is 0 Å². The number of hydrogen-bond acceptors (Lipinski definition) is 1. The molecule has 0 radical (unpaired) electrons. The van der Waals surface area contributed by atoms with E-state index in [0.717, 1.165) is 12.8 Å². The smallest absolute Gasteiger partial charge is 0.162 e. The molecule has 0 aromatic heterocycles. The summed E-state index contributed by atoms with van der Waals surface area (Å²) in [4.78, 5) is 12.3. The summed E-state index contributed by atoms with van der Waals surface area (Å²) in [5.41, 5.74) is 2.74. The molecule has 16 heavy (non-hydrogen) atoms. The molecule has 86 valence electrons. The zero-order valence-corrected chi connectivity index (χ0v) is 10.0. The number of Topliss-reactive ketones (excluding diaryl/α,β-unsaturated/α-hetero) is 1. The van der Waals surface area contributed by atoms with E-state index in [1.807, 2.05) is 0 Å². The van der Waals surface area contributed by atoms with Crippen molar-refractivity contribution in [1.29, 1.82) is 0 Å². The van der Waals surface area contributed by atoms with Crippen LogP contribution in [-0.2, 0) is 4.79 Å². The fourth-order valence-corrected chi connectivity index (χ4v) is 3.66. The Balaban J connectivity index is 1.66. The lowest BCUT2D eigenvalue weighted by molar-refractivity contribution is -0.118. The molecule has 1 heteroatoms. The first kappa shape index (κ1) is 10.3. The first-order valence-electron chi connectivity index (χ1n) is 6.76. The number of carbonyl (C=O) groups excluding carboxylic acids is 1. The molecule has 3 aliphatic rings. The molecule has 0 amide bonds. The molecule has 3 atom stereocenters. The van der Waals surface area contributed by atoms with Crippen LogP contribution in [0.4, 0.5) is 0 Å². The topological polar surface area (TPSA) is 17.1 Å². The van der Waals surface area contributed by atoms with Crippen molar-refractivity contribution < 1.29 is 4.79 Å². The quantitative estimate of drug-likeness (QED) is 0.518. The molecule has 0 saturated heterocycles. The van der Waals surface area contributed by atoms with E-state index in [4.69, 9.17) is 0 Å². The van der Waals surface area contributed by atoms with E-state index in [9.17, 15) is 4.79 Å². The third-order valence-corrected chi connectivity index (χ3v) is 4.51. The van der Waals surface area contributed by atoms with Gasteiger partial charge in [0.2, 0.25) is 0 Å². The summed E-state index contributed by atoms with van der Waals surface area (Å²) in [5, 5.41) is 0. The third kappa shape index (κ3) is 1.41. The monoisotopic (exact) mass is 216 g/mol. The van der Waals surface area contributed by atoms with Gasteiger partial charge in [-0.25, -0.2) is 0 Å². The highest BCUT2D eigenvalue weighted by Crippen LogP contribution is 2.51. The Bertz CT molecular complexity index is 375. The van der Waals surface area contributed by atoms with Crippen molar-refractivity contribution >= 4 is 5.78 Å². The minimum absolute atomic E-state index is 0.349. The van der Waals surface area contributed by atoms with Gasteiger partial charge in [0.25, 0.3) is 0 Å². The predicted molar refractivity (Wildman–Crippen MR) is 65.0 cm³/mol. The van der Waals surface area contributed by atoms with Crippen LogP contribution in [0.3, 0.4) is 0 Å². The summed E-state index contributed by atoms with van der Waals surface area (Å²) in [6.45, 7) is 2.22. The van der Waals surface area contributed by atoms with Gasteiger partial charge in [-0.3, -0.25) is 4.79 Å². The van der Waals surface area contributed by atoms with Crippen LogP contribution in [0, 0.1) is 17.8 Å². The second-order valence-electron chi connectivity index (χ2n) is 5.53. The lowest BCUT2D eigenvalue weighted by Crippen LogP contribution is -2.14. The minimum Gasteiger partial charge on any atom is -0.294 e. The summed E-state index contributed by atoms with van der Waals surface area (Å²) < 4.78 is 0. The van der Waals surface area contributed by atoms with E-state index in [0.29, 0.717) is 23.5 Å². The van der Waals surface area contributed by atoms with Gasteiger partial charge in [0.15, 0.2) is 5.78 Å². The van der Waals surface area contributed by atoms with Crippen LogP contribution >= 0.6 is 0 Å². The molecule has 0 aromatic carbocycles. The first-order valence-corrected chi connectivity index (χ1v) is 6.76. The maximum Gasteiger partial charge on any atom is 0.162 e. The zero-order valence-electron chi connectivity index (χ0n) is 10.0.